The minimum atomic E-state index is -0.402. The van der Waals surface area contributed by atoms with Crippen molar-refractivity contribution in [1.82, 2.24) is 25.1 Å². The maximum absolute atomic E-state index is 12.2. The molecule has 0 atom stereocenters. The molecule has 3 rings (SSSR count). The second-order valence-electron chi connectivity index (χ2n) is 5.75. The lowest BCUT2D eigenvalue weighted by Crippen LogP contribution is -2.16. The van der Waals surface area contributed by atoms with E-state index in [1.807, 2.05) is 6.92 Å². The van der Waals surface area contributed by atoms with Gasteiger partial charge in [0, 0.05) is 11.4 Å². The summed E-state index contributed by atoms with van der Waals surface area (Å²) in [6.07, 6.45) is 0. The van der Waals surface area contributed by atoms with Crippen molar-refractivity contribution in [3.63, 3.8) is 0 Å². The average molecular weight is 401 g/mol. The van der Waals surface area contributed by atoms with E-state index in [-0.39, 0.29) is 11.7 Å². The number of thioether (sulfide) groups is 1. The number of benzene rings is 1. The Kier molecular flexibility index (Phi) is 5.94. The summed E-state index contributed by atoms with van der Waals surface area (Å²) in [4.78, 5) is 23.8. The fourth-order valence-electron chi connectivity index (χ4n) is 2.31. The summed E-state index contributed by atoms with van der Waals surface area (Å²) in [6, 6.07) is 8.26. The molecule has 3 aromatic rings. The van der Waals surface area contributed by atoms with Crippen LogP contribution in [0.4, 0.5) is 5.69 Å². The minimum absolute atomic E-state index is 0.0918. The van der Waals surface area contributed by atoms with E-state index >= 15 is 0 Å². The van der Waals surface area contributed by atoms with Gasteiger partial charge in [0.05, 0.1) is 17.9 Å². The van der Waals surface area contributed by atoms with Gasteiger partial charge in [0.2, 0.25) is 16.9 Å². The predicted octanol–water partition coefficient (Wildman–Crippen LogP) is 1.60. The van der Waals surface area contributed by atoms with Crippen LogP contribution in [0.15, 0.2) is 35.5 Å². The molecule has 0 spiro atoms. The van der Waals surface area contributed by atoms with Crippen LogP contribution in [0.2, 0.25) is 0 Å². The number of esters is 1. The largest absolute Gasteiger partial charge is 0.462 e. The number of anilines is 1. The van der Waals surface area contributed by atoms with Gasteiger partial charge in [-0.3, -0.25) is 9.89 Å². The predicted molar refractivity (Wildman–Crippen MR) is 104 cm³/mol. The van der Waals surface area contributed by atoms with E-state index in [4.69, 9.17) is 10.6 Å². The molecule has 4 N–H and O–H groups in total. The molecule has 28 heavy (non-hydrogen) atoms. The van der Waals surface area contributed by atoms with Crippen LogP contribution in [0.25, 0.3) is 11.5 Å². The Morgan fingerprint density at radius 2 is 2.04 bits per heavy atom. The van der Waals surface area contributed by atoms with E-state index in [1.54, 1.807) is 37.3 Å². The Labute approximate surface area is 164 Å². The van der Waals surface area contributed by atoms with Crippen molar-refractivity contribution in [1.29, 1.82) is 0 Å². The Morgan fingerprint density at radius 1 is 1.29 bits per heavy atom. The highest BCUT2D eigenvalue weighted by Crippen LogP contribution is 2.21. The molecule has 0 aliphatic heterocycles. The van der Waals surface area contributed by atoms with Crippen molar-refractivity contribution in [2.24, 2.45) is 0 Å². The maximum atomic E-state index is 12.2. The third kappa shape index (κ3) is 4.49. The number of carbonyl (C=O) groups is 2. The number of H-pyrrole nitrogens is 1. The number of hydrogen-bond acceptors (Lipinski definition) is 8. The van der Waals surface area contributed by atoms with Gasteiger partial charge in [0.25, 0.3) is 0 Å². The zero-order valence-electron chi connectivity index (χ0n) is 15.3. The number of ether oxygens (including phenoxy) is 1. The molecule has 146 valence electrons. The number of aromatic amines is 1. The number of nitrogens with one attached hydrogen (secondary N) is 2. The lowest BCUT2D eigenvalue weighted by atomic mass is 10.2. The molecule has 10 nitrogen and oxygen atoms in total. The molecule has 0 aliphatic carbocycles. The fourth-order valence-corrected chi connectivity index (χ4v) is 2.97. The summed E-state index contributed by atoms with van der Waals surface area (Å²) in [6.45, 7) is 3.92. The Morgan fingerprint density at radius 3 is 2.68 bits per heavy atom. The van der Waals surface area contributed by atoms with Gasteiger partial charge in [0.15, 0.2) is 0 Å². The molecule has 1 amide bonds. The molecule has 2 heterocycles. The van der Waals surface area contributed by atoms with Crippen LogP contribution in [-0.4, -0.2) is 49.3 Å². The number of hydrogen-bond donors (Lipinski definition) is 3. The van der Waals surface area contributed by atoms with E-state index in [1.165, 1.54) is 4.68 Å². The minimum Gasteiger partial charge on any atom is -0.462 e. The highest BCUT2D eigenvalue weighted by atomic mass is 32.2. The van der Waals surface area contributed by atoms with Gasteiger partial charge in [-0.2, -0.15) is 5.10 Å². The van der Waals surface area contributed by atoms with Crippen LogP contribution in [0, 0.1) is 6.92 Å². The first-order valence-electron chi connectivity index (χ1n) is 8.40. The topological polar surface area (TPSA) is 141 Å². The number of carbonyl (C=O) groups excluding carboxylic acids is 2. The second kappa shape index (κ2) is 8.57. The maximum Gasteiger partial charge on any atom is 0.338 e. The first-order valence-corrected chi connectivity index (χ1v) is 9.39. The van der Waals surface area contributed by atoms with E-state index in [0.29, 0.717) is 34.5 Å². The zero-order valence-corrected chi connectivity index (χ0v) is 16.1. The summed E-state index contributed by atoms with van der Waals surface area (Å²) in [5.41, 5.74) is 2.44. The molecule has 11 heteroatoms. The van der Waals surface area contributed by atoms with Gasteiger partial charge in [-0.1, -0.05) is 11.8 Å². The summed E-state index contributed by atoms with van der Waals surface area (Å²) in [5.74, 6) is 5.85. The molecule has 2 aromatic heterocycles. The molecular weight excluding hydrogens is 382 g/mol. The summed E-state index contributed by atoms with van der Waals surface area (Å²) < 4.78 is 6.21. The van der Waals surface area contributed by atoms with Gasteiger partial charge in [0.1, 0.15) is 5.69 Å². The van der Waals surface area contributed by atoms with E-state index in [2.05, 4.69) is 25.7 Å². The van der Waals surface area contributed by atoms with Gasteiger partial charge in [-0.25, -0.2) is 9.47 Å². The van der Waals surface area contributed by atoms with Crippen molar-refractivity contribution >= 4 is 29.3 Å². The number of nitrogens with zero attached hydrogens (tertiary/aromatic N) is 4. The summed E-state index contributed by atoms with van der Waals surface area (Å²) >= 11 is 1.15. The molecule has 0 radical (unpaired) electrons. The number of aromatic nitrogens is 5. The first kappa shape index (κ1) is 19.4. The van der Waals surface area contributed by atoms with Crippen molar-refractivity contribution in [2.45, 2.75) is 19.0 Å². The molecule has 0 unspecified atom stereocenters. The van der Waals surface area contributed by atoms with E-state index in [0.717, 1.165) is 17.5 Å². The third-order valence-electron chi connectivity index (χ3n) is 3.61. The Hall–Kier alpha value is -3.34. The third-order valence-corrected chi connectivity index (χ3v) is 4.55. The Balaban J connectivity index is 1.56. The van der Waals surface area contributed by atoms with Crippen LogP contribution < -0.4 is 11.2 Å². The van der Waals surface area contributed by atoms with Crippen LogP contribution in [0.5, 0.6) is 0 Å². The van der Waals surface area contributed by atoms with Crippen LogP contribution in [0.1, 0.15) is 23.0 Å². The fraction of sp³-hybridized carbons (Fsp3) is 0.235. The van der Waals surface area contributed by atoms with Gasteiger partial charge >= 0.3 is 5.97 Å². The quantitative estimate of drug-likeness (QED) is 0.308. The number of aryl methyl sites for hydroxylation is 1. The lowest BCUT2D eigenvalue weighted by molar-refractivity contribution is -0.113. The monoisotopic (exact) mass is 401 g/mol. The van der Waals surface area contributed by atoms with E-state index < -0.39 is 5.97 Å². The second-order valence-corrected chi connectivity index (χ2v) is 6.69. The zero-order chi connectivity index (χ0) is 20.1. The van der Waals surface area contributed by atoms with Gasteiger partial charge < -0.3 is 15.9 Å². The SMILES string of the molecule is CCOC(=O)c1ccc(NC(=O)CSc2nnc(-c3cc(C)[nH]n3)n2N)cc1. The average Bonchev–Trinajstić information content (AvgIpc) is 3.26. The van der Waals surface area contributed by atoms with E-state index in [9.17, 15) is 9.59 Å². The summed E-state index contributed by atoms with van der Waals surface area (Å²) in [7, 11) is 0. The van der Waals surface area contributed by atoms with Crippen LogP contribution in [-0.2, 0) is 9.53 Å². The number of amides is 1. The normalized spacial score (nSPS) is 10.6. The van der Waals surface area contributed by atoms with Crippen molar-refractivity contribution in [2.75, 3.05) is 23.5 Å². The highest BCUT2D eigenvalue weighted by Gasteiger charge is 2.16. The number of nitrogens with two attached hydrogens (primary N) is 1. The van der Waals surface area contributed by atoms with Gasteiger partial charge in [-0.05, 0) is 44.2 Å². The number of nitrogen functional groups attached to an aromatic ring is 1. The highest BCUT2D eigenvalue weighted by molar-refractivity contribution is 7.99. The van der Waals surface area contributed by atoms with Crippen LogP contribution >= 0.6 is 11.8 Å². The molecule has 0 saturated carbocycles. The molecule has 0 bridgehead atoms. The smallest absolute Gasteiger partial charge is 0.338 e. The molecule has 0 aliphatic rings. The molecule has 0 fully saturated rings. The lowest BCUT2D eigenvalue weighted by Gasteiger charge is -2.06. The van der Waals surface area contributed by atoms with Crippen molar-refractivity contribution in [3.05, 3.63) is 41.6 Å². The van der Waals surface area contributed by atoms with Crippen molar-refractivity contribution < 1.29 is 14.3 Å². The Bertz CT molecular complexity index is 981. The summed E-state index contributed by atoms with van der Waals surface area (Å²) in [5, 5.41) is 18.0. The molecule has 0 saturated heterocycles. The molecule has 1 aromatic carbocycles. The van der Waals surface area contributed by atoms with Crippen molar-refractivity contribution in [3.8, 4) is 11.5 Å². The molecular formula is C17H19N7O3S. The first-order chi connectivity index (χ1) is 13.5. The standard InChI is InChI=1S/C17H19N7O3S/c1-3-27-16(26)11-4-6-12(7-5-11)19-14(25)9-28-17-23-22-15(24(17)18)13-8-10(2)20-21-13/h4-8H,3,9,18H2,1-2H3,(H,19,25)(H,20,21). The number of rotatable bonds is 7. The van der Waals surface area contributed by atoms with Gasteiger partial charge in [-0.15, -0.1) is 10.2 Å². The van der Waals surface area contributed by atoms with Crippen LogP contribution in [0.3, 0.4) is 0 Å².